The molecule has 184 valence electrons. The van der Waals surface area contributed by atoms with Crippen molar-refractivity contribution >= 4 is 28.9 Å². The van der Waals surface area contributed by atoms with Crippen molar-refractivity contribution in [3.8, 4) is 5.75 Å². The summed E-state index contributed by atoms with van der Waals surface area (Å²) in [6, 6.07) is 24.7. The van der Waals surface area contributed by atoms with Crippen molar-refractivity contribution in [1.29, 1.82) is 0 Å². The fourth-order valence-electron chi connectivity index (χ4n) is 3.57. The topological polar surface area (TPSA) is 79.5 Å². The smallest absolute Gasteiger partial charge is 0.243 e. The Balaban J connectivity index is 1.38. The zero-order valence-electron chi connectivity index (χ0n) is 20.4. The maximum Gasteiger partial charge on any atom is 0.243 e. The summed E-state index contributed by atoms with van der Waals surface area (Å²) in [5.74, 6) is 0.603. The average Bonchev–Trinajstić information content (AvgIpc) is 2.88. The van der Waals surface area contributed by atoms with Gasteiger partial charge in [-0.05, 0) is 54.8 Å². The van der Waals surface area contributed by atoms with Gasteiger partial charge in [0.15, 0.2) is 0 Å². The Morgan fingerprint density at radius 3 is 2.17 bits per heavy atom. The van der Waals surface area contributed by atoms with Gasteiger partial charge in [-0.3, -0.25) is 9.59 Å². The number of hydrogen-bond acceptors (Lipinski definition) is 4. The number of ether oxygens (including phenoxy) is 1. The number of aryl methyl sites for hydroxylation is 1. The molecule has 0 heterocycles. The molecule has 0 spiro atoms. The number of carbonyl (C=O) groups is 2. The first kappa shape index (κ1) is 25.8. The molecule has 3 aromatic carbocycles. The molecule has 0 aliphatic heterocycles. The second kappa shape index (κ2) is 14.5. The van der Waals surface area contributed by atoms with E-state index in [9.17, 15) is 9.59 Å². The lowest BCUT2D eigenvalue weighted by atomic mass is 10.1. The zero-order chi connectivity index (χ0) is 24.7. The Kier molecular flexibility index (Phi) is 10.7. The van der Waals surface area contributed by atoms with Crippen molar-refractivity contribution in [3.05, 3.63) is 84.4 Å². The molecule has 0 unspecified atom stereocenters. The van der Waals surface area contributed by atoms with Crippen LogP contribution in [0, 0.1) is 0 Å². The number of anilines is 3. The van der Waals surface area contributed by atoms with Gasteiger partial charge in [-0.15, -0.1) is 0 Å². The summed E-state index contributed by atoms with van der Waals surface area (Å²) >= 11 is 0. The van der Waals surface area contributed by atoms with Crippen LogP contribution in [0.3, 0.4) is 0 Å². The van der Waals surface area contributed by atoms with Crippen molar-refractivity contribution < 1.29 is 14.3 Å². The largest absolute Gasteiger partial charge is 0.494 e. The van der Waals surface area contributed by atoms with Gasteiger partial charge < -0.3 is 20.7 Å². The molecule has 0 aliphatic rings. The highest BCUT2D eigenvalue weighted by Crippen LogP contribution is 2.18. The molecular weight excluding hydrogens is 438 g/mol. The third-order valence-electron chi connectivity index (χ3n) is 5.49. The molecule has 0 fully saturated rings. The lowest BCUT2D eigenvalue weighted by Gasteiger charge is -2.11. The van der Waals surface area contributed by atoms with Gasteiger partial charge in [0, 0.05) is 29.5 Å². The molecule has 0 bridgehead atoms. The fourth-order valence-corrected chi connectivity index (χ4v) is 3.57. The Bertz CT molecular complexity index is 1050. The lowest BCUT2D eigenvalue weighted by molar-refractivity contribution is -0.116. The second-order valence-corrected chi connectivity index (χ2v) is 8.45. The van der Waals surface area contributed by atoms with Crippen molar-refractivity contribution in [3.63, 3.8) is 0 Å². The van der Waals surface area contributed by atoms with Gasteiger partial charge in [-0.1, -0.05) is 62.6 Å². The molecule has 0 aliphatic carbocycles. The van der Waals surface area contributed by atoms with E-state index in [1.54, 1.807) is 24.3 Å². The predicted molar refractivity (Wildman–Crippen MR) is 143 cm³/mol. The van der Waals surface area contributed by atoms with Gasteiger partial charge in [0.1, 0.15) is 5.75 Å². The summed E-state index contributed by atoms with van der Waals surface area (Å²) in [6.45, 7) is 3.03. The third kappa shape index (κ3) is 9.92. The van der Waals surface area contributed by atoms with Crippen molar-refractivity contribution in [1.82, 2.24) is 0 Å². The third-order valence-corrected chi connectivity index (χ3v) is 5.49. The number of hydrogen-bond donors (Lipinski definition) is 3. The minimum Gasteiger partial charge on any atom is -0.494 e. The minimum atomic E-state index is -0.157. The van der Waals surface area contributed by atoms with Crippen LogP contribution in [0.1, 0.15) is 44.6 Å². The minimum absolute atomic E-state index is 0.0398. The average molecular weight is 474 g/mol. The maximum absolute atomic E-state index is 12.4. The van der Waals surface area contributed by atoms with Gasteiger partial charge in [0.05, 0.1) is 13.2 Å². The Labute approximate surface area is 208 Å². The van der Waals surface area contributed by atoms with Crippen molar-refractivity contribution in [2.45, 2.75) is 45.4 Å². The van der Waals surface area contributed by atoms with E-state index in [1.807, 2.05) is 54.6 Å². The number of nitrogens with one attached hydrogen (secondary N) is 3. The summed E-state index contributed by atoms with van der Waals surface area (Å²) in [7, 11) is 0. The van der Waals surface area contributed by atoms with Crippen molar-refractivity contribution in [2.24, 2.45) is 0 Å². The van der Waals surface area contributed by atoms with Crippen LogP contribution in [0.2, 0.25) is 0 Å². The van der Waals surface area contributed by atoms with E-state index in [-0.39, 0.29) is 18.4 Å². The van der Waals surface area contributed by atoms with Crippen LogP contribution in [-0.2, 0) is 16.0 Å². The number of amides is 2. The summed E-state index contributed by atoms with van der Waals surface area (Å²) < 4.78 is 5.80. The SMILES string of the molecule is CCCCCCOc1cccc(NCC(=O)Nc2ccc(NC(=O)CCc3ccccc3)cc2)c1. The summed E-state index contributed by atoms with van der Waals surface area (Å²) in [5.41, 5.74) is 3.34. The second-order valence-electron chi connectivity index (χ2n) is 8.45. The van der Waals surface area contributed by atoms with E-state index in [1.165, 1.54) is 19.3 Å². The first-order chi connectivity index (χ1) is 17.1. The fraction of sp³-hybridized carbons (Fsp3) is 0.310. The highest BCUT2D eigenvalue weighted by Gasteiger charge is 2.06. The zero-order valence-corrected chi connectivity index (χ0v) is 20.4. The summed E-state index contributed by atoms with van der Waals surface area (Å²) in [4.78, 5) is 24.5. The van der Waals surface area contributed by atoms with E-state index >= 15 is 0 Å². The van der Waals surface area contributed by atoms with E-state index < -0.39 is 0 Å². The lowest BCUT2D eigenvalue weighted by Crippen LogP contribution is -2.21. The Hall–Kier alpha value is -3.80. The number of benzene rings is 3. The van der Waals surface area contributed by atoms with Crippen LogP contribution in [0.25, 0.3) is 0 Å². The Morgan fingerprint density at radius 1 is 0.743 bits per heavy atom. The molecule has 0 saturated carbocycles. The van der Waals surface area contributed by atoms with Crippen LogP contribution >= 0.6 is 0 Å². The standard InChI is InChI=1S/C29H35N3O3/c1-2-3-4-8-20-35-27-13-9-12-26(21-27)30-22-29(34)32-25-17-15-24(16-18-25)31-28(33)19-14-23-10-6-5-7-11-23/h5-7,9-13,15-18,21,30H,2-4,8,14,19-20,22H2,1H3,(H,31,33)(H,32,34). The number of unbranched alkanes of at least 4 members (excludes halogenated alkanes) is 3. The van der Waals surface area contributed by atoms with E-state index in [0.717, 1.165) is 23.4 Å². The molecule has 0 saturated heterocycles. The number of rotatable bonds is 14. The normalized spacial score (nSPS) is 10.4. The molecule has 0 atom stereocenters. The van der Waals surface area contributed by atoms with Crippen LogP contribution < -0.4 is 20.7 Å². The molecule has 6 nitrogen and oxygen atoms in total. The van der Waals surface area contributed by atoms with Gasteiger partial charge >= 0.3 is 0 Å². The maximum atomic E-state index is 12.4. The predicted octanol–water partition coefficient (Wildman–Crippen LogP) is 6.27. The first-order valence-electron chi connectivity index (χ1n) is 12.3. The van der Waals surface area contributed by atoms with E-state index in [0.29, 0.717) is 30.8 Å². The summed E-state index contributed by atoms with van der Waals surface area (Å²) in [5, 5.41) is 8.89. The van der Waals surface area contributed by atoms with Crippen LogP contribution in [-0.4, -0.2) is 25.0 Å². The molecule has 6 heteroatoms. The van der Waals surface area contributed by atoms with Crippen molar-refractivity contribution in [2.75, 3.05) is 29.1 Å². The van der Waals surface area contributed by atoms with E-state index in [4.69, 9.17) is 4.74 Å². The van der Waals surface area contributed by atoms with Gasteiger partial charge in [0.2, 0.25) is 11.8 Å². The molecule has 35 heavy (non-hydrogen) atoms. The molecule has 2 amide bonds. The molecule has 0 radical (unpaired) electrons. The molecule has 0 aromatic heterocycles. The highest BCUT2D eigenvalue weighted by molar-refractivity contribution is 5.94. The highest BCUT2D eigenvalue weighted by atomic mass is 16.5. The molecule has 3 N–H and O–H groups in total. The molecular formula is C29H35N3O3. The van der Waals surface area contributed by atoms with Gasteiger partial charge in [-0.2, -0.15) is 0 Å². The quantitative estimate of drug-likeness (QED) is 0.241. The van der Waals surface area contributed by atoms with Gasteiger partial charge in [-0.25, -0.2) is 0 Å². The van der Waals surface area contributed by atoms with E-state index in [2.05, 4.69) is 22.9 Å². The molecule has 3 aromatic rings. The Morgan fingerprint density at radius 2 is 1.46 bits per heavy atom. The first-order valence-corrected chi connectivity index (χ1v) is 12.3. The van der Waals surface area contributed by atoms with Crippen LogP contribution in [0.4, 0.5) is 17.1 Å². The van der Waals surface area contributed by atoms with Crippen LogP contribution in [0.5, 0.6) is 5.75 Å². The molecule has 3 rings (SSSR count). The monoisotopic (exact) mass is 473 g/mol. The summed E-state index contributed by atoms with van der Waals surface area (Å²) in [6.07, 6.45) is 5.77. The number of carbonyl (C=O) groups excluding carboxylic acids is 2. The van der Waals surface area contributed by atoms with Crippen LogP contribution in [0.15, 0.2) is 78.9 Å². The van der Waals surface area contributed by atoms with Gasteiger partial charge in [0.25, 0.3) is 0 Å².